The van der Waals surface area contributed by atoms with Gasteiger partial charge < -0.3 is 14.5 Å². The lowest BCUT2D eigenvalue weighted by Gasteiger charge is -2.07. The largest absolute Gasteiger partial charge is 0.482 e. The summed E-state index contributed by atoms with van der Waals surface area (Å²) in [6, 6.07) is 6.82. The number of halogens is 4. The normalized spacial score (nSPS) is 11.3. The van der Waals surface area contributed by atoms with E-state index in [2.05, 4.69) is 10.2 Å². The number of nitrogens with zero attached hydrogens (tertiary/aromatic N) is 2. The first-order chi connectivity index (χ1) is 11.3. The van der Waals surface area contributed by atoms with Gasteiger partial charge in [0.15, 0.2) is 6.61 Å². The summed E-state index contributed by atoms with van der Waals surface area (Å²) in [6.07, 6.45) is -4.45. The van der Waals surface area contributed by atoms with Gasteiger partial charge in [0.05, 0.1) is 10.8 Å². The van der Waals surface area contributed by atoms with Crippen LogP contribution in [0.3, 0.4) is 0 Å². The quantitative estimate of drug-likeness (QED) is 0.743. The summed E-state index contributed by atoms with van der Waals surface area (Å²) >= 11 is 6.75. The molecule has 1 aromatic heterocycles. The van der Waals surface area contributed by atoms with Crippen LogP contribution in [0.2, 0.25) is 5.02 Å². The van der Waals surface area contributed by atoms with Crippen molar-refractivity contribution in [2.45, 2.75) is 18.0 Å². The molecule has 1 aromatic carbocycles. The zero-order chi connectivity index (χ0) is 17.6. The molecule has 1 N–H and O–H groups in total. The Labute approximate surface area is 143 Å². The number of hydrogen-bond acceptors (Lipinski definition) is 6. The lowest BCUT2D eigenvalue weighted by molar-refractivity contribution is -0.136. The fraction of sp³-hybridized carbons (Fsp3) is 0.308. The van der Waals surface area contributed by atoms with Crippen LogP contribution in [0, 0.1) is 0 Å². The Balaban J connectivity index is 1.77. The van der Waals surface area contributed by atoms with Gasteiger partial charge in [-0.2, -0.15) is 13.2 Å². The Hall–Kier alpha value is -1.94. The molecular formula is C13H11ClF3N3O3S. The number of thioether (sulfide) groups is 1. The second-order valence-electron chi connectivity index (χ2n) is 4.36. The van der Waals surface area contributed by atoms with Crippen molar-refractivity contribution in [2.75, 3.05) is 12.3 Å². The average molecular weight is 382 g/mol. The number of hydrogen-bond donors (Lipinski definition) is 1. The third kappa shape index (κ3) is 6.28. The number of rotatable bonds is 7. The fourth-order valence-electron chi connectivity index (χ4n) is 1.43. The van der Waals surface area contributed by atoms with Crippen LogP contribution in [-0.2, 0) is 11.4 Å². The molecule has 24 heavy (non-hydrogen) atoms. The summed E-state index contributed by atoms with van der Waals surface area (Å²) in [5.41, 5.74) is 0. The second kappa shape index (κ2) is 8.25. The van der Waals surface area contributed by atoms with Crippen molar-refractivity contribution in [3.8, 4) is 5.75 Å². The number of ether oxygens (including phenoxy) is 1. The minimum Gasteiger partial charge on any atom is -0.482 e. The Bertz CT molecular complexity index is 696. The van der Waals surface area contributed by atoms with E-state index in [0.717, 1.165) is 11.8 Å². The van der Waals surface area contributed by atoms with Crippen molar-refractivity contribution in [1.82, 2.24) is 15.5 Å². The summed E-state index contributed by atoms with van der Waals surface area (Å²) in [6.45, 7) is -1.41. The van der Waals surface area contributed by atoms with E-state index in [9.17, 15) is 18.0 Å². The Morgan fingerprint density at radius 2 is 2.08 bits per heavy atom. The maximum Gasteiger partial charge on any atom is 0.405 e. The standard InChI is InChI=1S/C13H11ClF3N3O3S/c14-8-3-1-2-4-9(8)22-5-11-19-20-12(23-11)24-6-10(21)18-7-13(15,16)17/h1-4H,5-7H2,(H,18,21). The number of carbonyl (C=O) groups is 1. The van der Waals surface area contributed by atoms with E-state index in [-0.39, 0.29) is 23.5 Å². The van der Waals surface area contributed by atoms with E-state index in [0.29, 0.717) is 10.8 Å². The van der Waals surface area contributed by atoms with Gasteiger partial charge >= 0.3 is 6.18 Å². The van der Waals surface area contributed by atoms with Crippen LogP contribution >= 0.6 is 23.4 Å². The van der Waals surface area contributed by atoms with Crippen molar-refractivity contribution >= 4 is 29.3 Å². The van der Waals surface area contributed by atoms with Gasteiger partial charge in [-0.1, -0.05) is 35.5 Å². The summed E-state index contributed by atoms with van der Waals surface area (Å²) in [4.78, 5) is 11.3. The fourth-order valence-corrected chi connectivity index (χ4v) is 2.23. The van der Waals surface area contributed by atoms with E-state index in [1.807, 2.05) is 0 Å². The van der Waals surface area contributed by atoms with Crippen molar-refractivity contribution < 1.29 is 27.1 Å². The highest BCUT2D eigenvalue weighted by atomic mass is 35.5. The topological polar surface area (TPSA) is 77.2 Å². The molecule has 0 fully saturated rings. The van der Waals surface area contributed by atoms with Crippen LogP contribution in [0.5, 0.6) is 5.75 Å². The zero-order valence-electron chi connectivity index (χ0n) is 12.0. The number of carbonyl (C=O) groups excluding carboxylic acids is 1. The van der Waals surface area contributed by atoms with Gasteiger partial charge in [-0.25, -0.2) is 0 Å². The number of benzene rings is 1. The molecule has 0 saturated carbocycles. The predicted octanol–water partition coefficient (Wildman–Crippen LogP) is 3.07. The lowest BCUT2D eigenvalue weighted by Crippen LogP contribution is -2.34. The average Bonchev–Trinajstić information content (AvgIpc) is 2.97. The maximum absolute atomic E-state index is 11.9. The first-order valence-electron chi connectivity index (χ1n) is 6.49. The van der Waals surface area contributed by atoms with Crippen LogP contribution in [0.15, 0.2) is 33.9 Å². The van der Waals surface area contributed by atoms with Gasteiger partial charge in [-0.3, -0.25) is 4.79 Å². The van der Waals surface area contributed by atoms with E-state index in [4.69, 9.17) is 20.8 Å². The predicted molar refractivity (Wildman–Crippen MR) is 79.9 cm³/mol. The van der Waals surface area contributed by atoms with Gasteiger partial charge in [0.25, 0.3) is 11.1 Å². The van der Waals surface area contributed by atoms with Crippen molar-refractivity contribution in [2.24, 2.45) is 0 Å². The van der Waals surface area contributed by atoms with Gasteiger partial charge in [-0.05, 0) is 12.1 Å². The summed E-state index contributed by atoms with van der Waals surface area (Å²) in [5, 5.41) is 9.58. The van der Waals surface area contributed by atoms with Gasteiger partial charge in [0.1, 0.15) is 12.3 Å². The Morgan fingerprint density at radius 1 is 1.33 bits per heavy atom. The Kier molecular flexibility index (Phi) is 6.32. The minimum absolute atomic E-state index is 0.0302. The van der Waals surface area contributed by atoms with Crippen molar-refractivity contribution in [1.29, 1.82) is 0 Å². The second-order valence-corrected chi connectivity index (χ2v) is 5.70. The van der Waals surface area contributed by atoms with Crippen LogP contribution in [0.1, 0.15) is 5.89 Å². The van der Waals surface area contributed by atoms with Gasteiger partial charge in [-0.15, -0.1) is 10.2 Å². The number of para-hydroxylation sites is 1. The molecule has 0 saturated heterocycles. The summed E-state index contributed by atoms with van der Waals surface area (Å²) < 4.78 is 46.5. The molecule has 0 radical (unpaired) electrons. The third-order valence-corrected chi connectivity index (χ3v) is 3.58. The molecule has 0 aliphatic rings. The molecule has 130 valence electrons. The zero-order valence-corrected chi connectivity index (χ0v) is 13.5. The van der Waals surface area contributed by atoms with E-state index in [1.54, 1.807) is 29.6 Å². The van der Waals surface area contributed by atoms with Crippen molar-refractivity contribution in [3.05, 3.63) is 35.2 Å². The first kappa shape index (κ1) is 18.4. The molecule has 0 aliphatic carbocycles. The smallest absolute Gasteiger partial charge is 0.405 e. The van der Waals surface area contributed by atoms with E-state index < -0.39 is 18.6 Å². The highest BCUT2D eigenvalue weighted by Gasteiger charge is 2.27. The monoisotopic (exact) mass is 381 g/mol. The molecule has 0 unspecified atom stereocenters. The van der Waals surface area contributed by atoms with Crippen LogP contribution in [-0.4, -0.2) is 34.6 Å². The molecule has 6 nitrogen and oxygen atoms in total. The number of nitrogens with one attached hydrogen (secondary N) is 1. The van der Waals surface area contributed by atoms with E-state index >= 15 is 0 Å². The highest BCUT2D eigenvalue weighted by molar-refractivity contribution is 7.99. The molecule has 0 aliphatic heterocycles. The third-order valence-electron chi connectivity index (χ3n) is 2.45. The van der Waals surface area contributed by atoms with Gasteiger partial charge in [0, 0.05) is 0 Å². The van der Waals surface area contributed by atoms with Crippen LogP contribution in [0.4, 0.5) is 13.2 Å². The van der Waals surface area contributed by atoms with Crippen molar-refractivity contribution in [3.63, 3.8) is 0 Å². The van der Waals surface area contributed by atoms with E-state index in [1.165, 1.54) is 0 Å². The number of alkyl halides is 3. The minimum atomic E-state index is -4.45. The molecule has 11 heteroatoms. The lowest BCUT2D eigenvalue weighted by atomic mass is 10.3. The summed E-state index contributed by atoms with van der Waals surface area (Å²) in [7, 11) is 0. The molecule has 0 bridgehead atoms. The van der Waals surface area contributed by atoms with Gasteiger partial charge in [0.2, 0.25) is 5.91 Å². The molecule has 2 aromatic rings. The van der Waals surface area contributed by atoms with Crippen LogP contribution < -0.4 is 10.1 Å². The Morgan fingerprint density at radius 3 is 2.79 bits per heavy atom. The van der Waals surface area contributed by atoms with Crippen LogP contribution in [0.25, 0.3) is 0 Å². The number of aromatic nitrogens is 2. The maximum atomic E-state index is 11.9. The molecule has 2 rings (SSSR count). The molecule has 0 atom stereocenters. The molecule has 1 heterocycles. The number of amides is 1. The molecular weight excluding hydrogens is 371 g/mol. The highest BCUT2D eigenvalue weighted by Crippen LogP contribution is 2.24. The molecule has 0 spiro atoms. The summed E-state index contributed by atoms with van der Waals surface area (Å²) in [5.74, 6) is -0.473. The SMILES string of the molecule is O=C(CSc1nnc(COc2ccccc2Cl)o1)NCC(F)(F)F. The first-order valence-corrected chi connectivity index (χ1v) is 7.86. The molecule has 1 amide bonds.